The van der Waals surface area contributed by atoms with Gasteiger partial charge in [0.15, 0.2) is 6.10 Å². The molecule has 0 aromatic heterocycles. The number of aliphatic hydroxyl groups is 2. The van der Waals surface area contributed by atoms with Crippen LogP contribution in [0.1, 0.15) is 29.2 Å². The van der Waals surface area contributed by atoms with Gasteiger partial charge in [-0.1, -0.05) is 48.0 Å². The van der Waals surface area contributed by atoms with Crippen molar-refractivity contribution in [3.63, 3.8) is 0 Å². The number of aliphatic hydroxyl groups excluding tert-OH is 2. The molecule has 0 saturated heterocycles. The fraction of sp³-hybridized carbons (Fsp3) is 0.286. The molecule has 134 valence electrons. The van der Waals surface area contributed by atoms with Crippen LogP contribution >= 0.6 is 11.6 Å². The van der Waals surface area contributed by atoms with Crippen molar-refractivity contribution in [2.45, 2.75) is 25.0 Å². The van der Waals surface area contributed by atoms with Crippen LogP contribution in [0.5, 0.6) is 0 Å². The minimum absolute atomic E-state index is 0.429. The summed E-state index contributed by atoms with van der Waals surface area (Å²) in [6.45, 7) is 1.02. The Balaban J connectivity index is 1.49. The Hall–Kier alpha value is -2.14. The van der Waals surface area contributed by atoms with Gasteiger partial charge >= 0.3 is 0 Å². The lowest BCUT2D eigenvalue weighted by Gasteiger charge is -2.31. The Morgan fingerprint density at radius 3 is 2.65 bits per heavy atom. The quantitative estimate of drug-likeness (QED) is 0.874. The standard InChI is InChI=1S/C21H20ClNO3/c22-16-7-6-14-10-15-12-23(9-8-17(15)18(14)11-16)21(26)20(25)19(24)13-4-2-1-3-5-13/h1-7,11,19-20,24-25H,8-10,12H2. The number of rotatable bonds is 3. The van der Waals surface area contributed by atoms with Crippen LogP contribution in [0.2, 0.25) is 5.02 Å². The minimum Gasteiger partial charge on any atom is -0.385 e. The zero-order chi connectivity index (χ0) is 18.3. The lowest BCUT2D eigenvalue weighted by Crippen LogP contribution is -2.44. The van der Waals surface area contributed by atoms with E-state index in [2.05, 4.69) is 0 Å². The third-order valence-corrected chi connectivity index (χ3v) is 5.48. The van der Waals surface area contributed by atoms with Crippen LogP contribution in [0.3, 0.4) is 0 Å². The topological polar surface area (TPSA) is 60.8 Å². The summed E-state index contributed by atoms with van der Waals surface area (Å²) in [5, 5.41) is 21.4. The number of halogens is 1. The summed E-state index contributed by atoms with van der Waals surface area (Å²) in [4.78, 5) is 14.3. The average molecular weight is 370 g/mol. The largest absolute Gasteiger partial charge is 0.385 e. The maximum atomic E-state index is 12.7. The third kappa shape index (κ3) is 3.05. The van der Waals surface area contributed by atoms with Gasteiger partial charge in [-0.25, -0.2) is 0 Å². The number of hydrogen-bond donors (Lipinski definition) is 2. The molecule has 2 unspecified atom stereocenters. The zero-order valence-corrected chi connectivity index (χ0v) is 15.0. The van der Waals surface area contributed by atoms with Crippen LogP contribution in [0.25, 0.3) is 5.57 Å². The molecule has 0 bridgehead atoms. The minimum atomic E-state index is -1.46. The van der Waals surface area contributed by atoms with Crippen LogP contribution in [-0.4, -0.2) is 40.2 Å². The highest BCUT2D eigenvalue weighted by molar-refractivity contribution is 6.30. The van der Waals surface area contributed by atoms with Gasteiger partial charge in [-0.2, -0.15) is 0 Å². The highest BCUT2D eigenvalue weighted by Crippen LogP contribution is 2.39. The second-order valence-electron chi connectivity index (χ2n) is 6.87. The molecule has 0 radical (unpaired) electrons. The van der Waals surface area contributed by atoms with E-state index in [0.717, 1.165) is 17.9 Å². The summed E-state index contributed by atoms with van der Waals surface area (Å²) in [6, 6.07) is 14.7. The van der Waals surface area contributed by atoms with Crippen LogP contribution in [-0.2, 0) is 11.2 Å². The van der Waals surface area contributed by atoms with Gasteiger partial charge < -0.3 is 15.1 Å². The first kappa shape index (κ1) is 17.3. The smallest absolute Gasteiger partial charge is 0.254 e. The van der Waals surface area contributed by atoms with Crippen LogP contribution in [0.15, 0.2) is 54.1 Å². The first-order valence-corrected chi connectivity index (χ1v) is 9.12. The molecule has 2 aliphatic rings. The molecule has 0 fully saturated rings. The van der Waals surface area contributed by atoms with Crippen molar-refractivity contribution in [3.05, 3.63) is 75.8 Å². The third-order valence-electron chi connectivity index (χ3n) is 5.25. The maximum absolute atomic E-state index is 12.7. The molecule has 1 amide bonds. The van der Waals surface area contributed by atoms with Crippen LogP contribution in [0, 0.1) is 0 Å². The summed E-state index contributed by atoms with van der Waals surface area (Å²) >= 11 is 6.12. The van der Waals surface area contributed by atoms with Gasteiger partial charge in [-0.3, -0.25) is 4.79 Å². The van der Waals surface area contributed by atoms with Gasteiger partial charge in [0.05, 0.1) is 0 Å². The van der Waals surface area contributed by atoms with E-state index in [1.807, 2.05) is 24.3 Å². The first-order chi connectivity index (χ1) is 12.5. The highest BCUT2D eigenvalue weighted by atomic mass is 35.5. The Morgan fingerprint density at radius 2 is 1.88 bits per heavy atom. The first-order valence-electron chi connectivity index (χ1n) is 8.74. The summed E-state index contributed by atoms with van der Waals surface area (Å²) < 4.78 is 0. The maximum Gasteiger partial charge on any atom is 0.254 e. The molecule has 1 aliphatic heterocycles. The predicted octanol–water partition coefficient (Wildman–Crippen LogP) is 2.98. The number of benzene rings is 2. The van der Waals surface area contributed by atoms with Gasteiger partial charge in [-0.15, -0.1) is 0 Å². The average Bonchev–Trinajstić information content (AvgIpc) is 3.04. The van der Waals surface area contributed by atoms with Crippen molar-refractivity contribution < 1.29 is 15.0 Å². The van der Waals surface area contributed by atoms with Gasteiger partial charge in [0.2, 0.25) is 0 Å². The second kappa shape index (κ2) is 6.88. The van der Waals surface area contributed by atoms with E-state index in [0.29, 0.717) is 18.7 Å². The van der Waals surface area contributed by atoms with Crippen LogP contribution in [0.4, 0.5) is 0 Å². The lowest BCUT2D eigenvalue weighted by atomic mass is 9.97. The van der Waals surface area contributed by atoms with E-state index in [9.17, 15) is 15.0 Å². The summed E-state index contributed by atoms with van der Waals surface area (Å²) in [6.07, 6.45) is -1.14. The van der Waals surface area contributed by atoms with Crippen molar-refractivity contribution in [1.29, 1.82) is 0 Å². The SMILES string of the molecule is O=C(C(O)C(O)c1ccccc1)N1CCC2=C(Cc3ccc(Cl)cc32)C1. The van der Waals surface area contributed by atoms with Crippen molar-refractivity contribution in [2.24, 2.45) is 0 Å². The molecule has 26 heavy (non-hydrogen) atoms. The molecule has 5 heteroatoms. The Bertz CT molecular complexity index is 878. The van der Waals surface area contributed by atoms with Crippen molar-refractivity contribution in [1.82, 2.24) is 4.90 Å². The lowest BCUT2D eigenvalue weighted by molar-refractivity contribution is -0.146. The molecule has 0 spiro atoms. The van der Waals surface area contributed by atoms with Crippen molar-refractivity contribution >= 4 is 23.1 Å². The zero-order valence-electron chi connectivity index (χ0n) is 14.2. The monoisotopic (exact) mass is 369 g/mol. The fourth-order valence-electron chi connectivity index (χ4n) is 3.87. The molecule has 4 nitrogen and oxygen atoms in total. The molecular weight excluding hydrogens is 350 g/mol. The number of fused-ring (bicyclic) bond motifs is 2. The van der Waals surface area contributed by atoms with E-state index in [4.69, 9.17) is 11.6 Å². The number of carbonyl (C=O) groups is 1. The number of carbonyl (C=O) groups excluding carboxylic acids is 1. The van der Waals surface area contributed by atoms with Gasteiger partial charge in [0.1, 0.15) is 6.10 Å². The van der Waals surface area contributed by atoms with E-state index in [1.165, 1.54) is 22.3 Å². The Morgan fingerprint density at radius 1 is 1.12 bits per heavy atom. The van der Waals surface area contributed by atoms with Crippen molar-refractivity contribution in [3.8, 4) is 0 Å². The predicted molar refractivity (Wildman–Crippen MR) is 101 cm³/mol. The van der Waals surface area contributed by atoms with Gasteiger partial charge in [0.25, 0.3) is 5.91 Å². The van der Waals surface area contributed by atoms with Crippen molar-refractivity contribution in [2.75, 3.05) is 13.1 Å². The number of hydrogen-bond acceptors (Lipinski definition) is 3. The molecule has 2 atom stereocenters. The molecule has 1 aliphatic carbocycles. The molecular formula is C21H20ClNO3. The van der Waals surface area contributed by atoms with Gasteiger partial charge in [0, 0.05) is 18.1 Å². The molecule has 0 saturated carbocycles. The molecule has 4 rings (SSSR count). The molecule has 1 heterocycles. The van der Waals surface area contributed by atoms with Gasteiger partial charge in [-0.05, 0) is 52.8 Å². The highest BCUT2D eigenvalue weighted by Gasteiger charge is 2.34. The number of nitrogens with zero attached hydrogens (tertiary/aromatic N) is 1. The normalized spacial score (nSPS) is 18.3. The van der Waals surface area contributed by atoms with E-state index < -0.39 is 18.1 Å². The summed E-state index contributed by atoms with van der Waals surface area (Å²) in [5.41, 5.74) is 5.42. The van der Waals surface area contributed by atoms with E-state index in [-0.39, 0.29) is 0 Å². The second-order valence-corrected chi connectivity index (χ2v) is 7.31. The summed E-state index contributed by atoms with van der Waals surface area (Å²) in [5.74, 6) is -0.429. The molecule has 2 aromatic rings. The molecule has 2 aromatic carbocycles. The van der Waals surface area contributed by atoms with E-state index in [1.54, 1.807) is 29.2 Å². The van der Waals surface area contributed by atoms with Crippen LogP contribution < -0.4 is 0 Å². The Labute approximate surface area is 157 Å². The summed E-state index contributed by atoms with van der Waals surface area (Å²) in [7, 11) is 0. The fourth-order valence-corrected chi connectivity index (χ4v) is 4.04. The van der Waals surface area contributed by atoms with E-state index >= 15 is 0 Å². The Kier molecular flexibility index (Phi) is 4.57. The number of amides is 1. The molecule has 2 N–H and O–H groups in total.